The standard InChI is InChI=1S/C10H14ClN3O/c1-8-7-14(5-2-6-15-8)9-3-4-12-10(11)13-9/h3-4,8H,2,5-7H2,1H3. The fourth-order valence-electron chi connectivity index (χ4n) is 1.70. The van der Waals surface area contributed by atoms with E-state index in [1.165, 1.54) is 0 Å². The van der Waals surface area contributed by atoms with Crippen LogP contribution in [-0.4, -0.2) is 35.8 Å². The summed E-state index contributed by atoms with van der Waals surface area (Å²) in [7, 11) is 0. The minimum absolute atomic E-state index is 0.237. The van der Waals surface area contributed by atoms with Gasteiger partial charge >= 0.3 is 0 Å². The summed E-state index contributed by atoms with van der Waals surface area (Å²) in [4.78, 5) is 10.3. The average molecular weight is 228 g/mol. The van der Waals surface area contributed by atoms with Crippen LogP contribution < -0.4 is 4.90 Å². The van der Waals surface area contributed by atoms with Gasteiger partial charge in [-0.3, -0.25) is 0 Å². The second kappa shape index (κ2) is 4.77. The van der Waals surface area contributed by atoms with Crippen LogP contribution in [0.25, 0.3) is 0 Å². The number of rotatable bonds is 1. The van der Waals surface area contributed by atoms with E-state index in [0.717, 1.165) is 31.9 Å². The molecule has 1 unspecified atom stereocenters. The minimum atomic E-state index is 0.237. The maximum atomic E-state index is 5.76. The van der Waals surface area contributed by atoms with E-state index < -0.39 is 0 Å². The number of anilines is 1. The Hall–Kier alpha value is -0.870. The molecule has 1 aromatic rings. The summed E-state index contributed by atoms with van der Waals surface area (Å²) in [6.45, 7) is 4.70. The third-order valence-electron chi connectivity index (χ3n) is 2.39. The Labute approximate surface area is 94.2 Å². The van der Waals surface area contributed by atoms with E-state index in [4.69, 9.17) is 16.3 Å². The predicted molar refractivity (Wildman–Crippen MR) is 59.3 cm³/mol. The first kappa shape index (κ1) is 10.6. The Balaban J connectivity index is 2.14. The molecular weight excluding hydrogens is 214 g/mol. The number of nitrogens with zero attached hydrogens (tertiary/aromatic N) is 3. The van der Waals surface area contributed by atoms with Gasteiger partial charge in [-0.1, -0.05) is 0 Å². The van der Waals surface area contributed by atoms with Crippen molar-refractivity contribution in [1.29, 1.82) is 0 Å². The van der Waals surface area contributed by atoms with Crippen LogP contribution in [-0.2, 0) is 4.74 Å². The van der Waals surface area contributed by atoms with Crippen molar-refractivity contribution in [2.75, 3.05) is 24.6 Å². The number of ether oxygens (including phenoxy) is 1. The summed E-state index contributed by atoms with van der Waals surface area (Å²) >= 11 is 5.76. The molecule has 15 heavy (non-hydrogen) atoms. The van der Waals surface area contributed by atoms with Crippen molar-refractivity contribution in [2.24, 2.45) is 0 Å². The summed E-state index contributed by atoms with van der Waals surface area (Å²) < 4.78 is 5.57. The fourth-order valence-corrected chi connectivity index (χ4v) is 1.85. The lowest BCUT2D eigenvalue weighted by atomic mass is 10.3. The predicted octanol–water partition coefficient (Wildman–Crippen LogP) is 1.75. The average Bonchev–Trinajstić information content (AvgIpc) is 2.43. The summed E-state index contributed by atoms with van der Waals surface area (Å²) in [5, 5.41) is 0.297. The van der Waals surface area contributed by atoms with Gasteiger partial charge in [0.25, 0.3) is 0 Å². The zero-order chi connectivity index (χ0) is 10.7. The maximum absolute atomic E-state index is 5.76. The second-order valence-electron chi connectivity index (χ2n) is 3.66. The molecular formula is C10H14ClN3O. The monoisotopic (exact) mass is 227 g/mol. The molecule has 2 rings (SSSR count). The Kier molecular flexibility index (Phi) is 3.38. The highest BCUT2D eigenvalue weighted by atomic mass is 35.5. The molecule has 1 atom stereocenters. The SMILES string of the molecule is CC1CN(c2ccnc(Cl)n2)CCCO1. The van der Waals surface area contributed by atoms with Crippen molar-refractivity contribution in [3.05, 3.63) is 17.5 Å². The molecule has 0 aliphatic carbocycles. The lowest BCUT2D eigenvalue weighted by molar-refractivity contribution is 0.0820. The van der Waals surface area contributed by atoms with Crippen LogP contribution in [0.3, 0.4) is 0 Å². The molecule has 2 heterocycles. The molecule has 1 saturated heterocycles. The highest BCUT2D eigenvalue weighted by Crippen LogP contribution is 2.15. The van der Waals surface area contributed by atoms with Gasteiger partial charge < -0.3 is 9.64 Å². The van der Waals surface area contributed by atoms with Gasteiger partial charge in [-0.05, 0) is 31.0 Å². The molecule has 0 radical (unpaired) electrons. The van der Waals surface area contributed by atoms with E-state index in [0.29, 0.717) is 5.28 Å². The van der Waals surface area contributed by atoms with Crippen LogP contribution in [0, 0.1) is 0 Å². The lowest BCUT2D eigenvalue weighted by Crippen LogP contribution is -2.30. The molecule has 0 spiro atoms. The minimum Gasteiger partial charge on any atom is -0.377 e. The Morgan fingerprint density at radius 1 is 1.60 bits per heavy atom. The van der Waals surface area contributed by atoms with Crippen molar-refractivity contribution in [3.63, 3.8) is 0 Å². The summed E-state index contributed by atoms with van der Waals surface area (Å²) in [5.41, 5.74) is 0. The molecule has 0 amide bonds. The van der Waals surface area contributed by atoms with E-state index >= 15 is 0 Å². The van der Waals surface area contributed by atoms with Crippen LogP contribution >= 0.6 is 11.6 Å². The summed E-state index contributed by atoms with van der Waals surface area (Å²) in [5.74, 6) is 0.882. The van der Waals surface area contributed by atoms with E-state index in [-0.39, 0.29) is 6.10 Å². The first-order valence-corrected chi connectivity index (χ1v) is 5.48. The largest absolute Gasteiger partial charge is 0.377 e. The molecule has 1 fully saturated rings. The van der Waals surface area contributed by atoms with Crippen molar-refractivity contribution in [2.45, 2.75) is 19.4 Å². The van der Waals surface area contributed by atoms with Gasteiger partial charge in [-0.15, -0.1) is 0 Å². The van der Waals surface area contributed by atoms with Crippen molar-refractivity contribution < 1.29 is 4.74 Å². The van der Waals surface area contributed by atoms with E-state index in [9.17, 15) is 0 Å². The van der Waals surface area contributed by atoms with Crippen molar-refractivity contribution >= 4 is 17.4 Å². The van der Waals surface area contributed by atoms with Crippen LogP contribution in [0.1, 0.15) is 13.3 Å². The van der Waals surface area contributed by atoms with E-state index in [1.54, 1.807) is 6.20 Å². The molecule has 1 aliphatic rings. The molecule has 0 N–H and O–H groups in total. The molecule has 0 bridgehead atoms. The normalized spacial score (nSPS) is 22.5. The summed E-state index contributed by atoms with van der Waals surface area (Å²) in [6.07, 6.45) is 2.94. The number of hydrogen-bond acceptors (Lipinski definition) is 4. The first-order valence-electron chi connectivity index (χ1n) is 5.11. The van der Waals surface area contributed by atoms with Gasteiger partial charge in [0.05, 0.1) is 6.10 Å². The summed E-state index contributed by atoms with van der Waals surface area (Å²) in [6, 6.07) is 1.88. The number of halogens is 1. The van der Waals surface area contributed by atoms with Crippen LogP contribution in [0.5, 0.6) is 0 Å². The fraction of sp³-hybridized carbons (Fsp3) is 0.600. The molecule has 0 aromatic carbocycles. The third-order valence-corrected chi connectivity index (χ3v) is 2.57. The van der Waals surface area contributed by atoms with Gasteiger partial charge in [0.1, 0.15) is 5.82 Å². The number of aromatic nitrogens is 2. The van der Waals surface area contributed by atoms with Gasteiger partial charge in [0.15, 0.2) is 0 Å². The molecule has 0 saturated carbocycles. The van der Waals surface area contributed by atoms with Crippen LogP contribution in [0.4, 0.5) is 5.82 Å². The molecule has 5 heteroatoms. The quantitative estimate of drug-likeness (QED) is 0.686. The van der Waals surface area contributed by atoms with Crippen LogP contribution in [0.2, 0.25) is 5.28 Å². The second-order valence-corrected chi connectivity index (χ2v) is 4.00. The first-order chi connectivity index (χ1) is 7.25. The van der Waals surface area contributed by atoms with Crippen molar-refractivity contribution in [1.82, 2.24) is 9.97 Å². The topological polar surface area (TPSA) is 38.2 Å². The van der Waals surface area contributed by atoms with Gasteiger partial charge in [-0.25, -0.2) is 9.97 Å². The lowest BCUT2D eigenvalue weighted by Gasteiger charge is -2.22. The van der Waals surface area contributed by atoms with Crippen molar-refractivity contribution in [3.8, 4) is 0 Å². The molecule has 82 valence electrons. The highest BCUT2D eigenvalue weighted by Gasteiger charge is 2.16. The van der Waals surface area contributed by atoms with E-state index in [2.05, 4.69) is 21.8 Å². The Morgan fingerprint density at radius 3 is 3.27 bits per heavy atom. The van der Waals surface area contributed by atoms with E-state index in [1.807, 2.05) is 6.07 Å². The highest BCUT2D eigenvalue weighted by molar-refractivity contribution is 6.28. The molecule has 1 aromatic heterocycles. The molecule has 1 aliphatic heterocycles. The smallest absolute Gasteiger partial charge is 0.224 e. The Morgan fingerprint density at radius 2 is 2.47 bits per heavy atom. The van der Waals surface area contributed by atoms with Crippen LogP contribution in [0.15, 0.2) is 12.3 Å². The zero-order valence-electron chi connectivity index (χ0n) is 8.69. The van der Waals surface area contributed by atoms with Gasteiger partial charge in [-0.2, -0.15) is 0 Å². The zero-order valence-corrected chi connectivity index (χ0v) is 9.44. The number of hydrogen-bond donors (Lipinski definition) is 0. The Bertz CT molecular complexity index is 334. The van der Waals surface area contributed by atoms with Gasteiger partial charge in [0.2, 0.25) is 5.28 Å². The maximum Gasteiger partial charge on any atom is 0.224 e. The third kappa shape index (κ3) is 2.79. The van der Waals surface area contributed by atoms with Gasteiger partial charge in [0, 0.05) is 25.9 Å². The molecule has 4 nitrogen and oxygen atoms in total.